The maximum atomic E-state index is 12.1. The number of furan rings is 1. The Balaban J connectivity index is 1.55. The van der Waals surface area contributed by atoms with Gasteiger partial charge in [-0.1, -0.05) is 35.0 Å². The molecule has 1 fully saturated rings. The topological polar surface area (TPSA) is 96.1 Å². The molecule has 2 amide bonds. The molecule has 0 radical (unpaired) electrons. The van der Waals surface area contributed by atoms with E-state index in [1.54, 1.807) is 30.3 Å². The Labute approximate surface area is 162 Å². The van der Waals surface area contributed by atoms with Gasteiger partial charge in [0.25, 0.3) is 0 Å². The fourth-order valence-electron chi connectivity index (χ4n) is 2.04. The maximum absolute atomic E-state index is 12.1. The lowest BCUT2D eigenvalue weighted by molar-refractivity contribution is -0.122. The minimum atomic E-state index is -0.588. The monoisotopic (exact) mass is 410 g/mol. The van der Waals surface area contributed by atoms with Crippen LogP contribution in [0, 0.1) is 0 Å². The van der Waals surface area contributed by atoms with Crippen molar-refractivity contribution in [3.63, 3.8) is 0 Å². The van der Waals surface area contributed by atoms with E-state index in [0.717, 1.165) is 11.8 Å². The van der Waals surface area contributed by atoms with Crippen molar-refractivity contribution in [3.8, 4) is 0 Å². The first-order valence-electron chi connectivity index (χ1n) is 7.38. The highest BCUT2D eigenvalue weighted by Gasteiger charge is 2.32. The van der Waals surface area contributed by atoms with Gasteiger partial charge in [0.1, 0.15) is 11.0 Å². The van der Waals surface area contributed by atoms with E-state index in [0.29, 0.717) is 26.7 Å². The summed E-state index contributed by atoms with van der Waals surface area (Å²) in [5, 5.41) is 13.5. The molecule has 0 saturated carbocycles. The minimum absolute atomic E-state index is 0.0162. The normalized spacial score (nSPS) is 18.5. The van der Waals surface area contributed by atoms with Crippen molar-refractivity contribution in [2.75, 3.05) is 5.32 Å². The number of anilines is 1. The Morgan fingerprint density at radius 1 is 1.35 bits per heavy atom. The Kier molecular flexibility index (Phi) is 5.97. The van der Waals surface area contributed by atoms with Gasteiger partial charge in [0.2, 0.25) is 11.8 Å². The number of nitrogens with zero attached hydrogens (tertiary/aromatic N) is 2. The summed E-state index contributed by atoms with van der Waals surface area (Å²) in [6.07, 6.45) is 2.92. The average molecular weight is 411 g/mol. The predicted molar refractivity (Wildman–Crippen MR) is 103 cm³/mol. The van der Waals surface area contributed by atoms with E-state index in [9.17, 15) is 9.59 Å². The molecular weight excluding hydrogens is 399 g/mol. The molecule has 1 saturated heterocycles. The van der Waals surface area contributed by atoms with Crippen LogP contribution in [0.25, 0.3) is 0 Å². The summed E-state index contributed by atoms with van der Waals surface area (Å²) in [5.74, 6) is -0.0798. The van der Waals surface area contributed by atoms with Crippen LogP contribution < -0.4 is 10.6 Å². The smallest absolute Gasteiger partial charge is 0.240 e. The van der Waals surface area contributed by atoms with E-state index in [2.05, 4.69) is 20.8 Å². The number of benzene rings is 1. The quantitative estimate of drug-likeness (QED) is 0.581. The maximum Gasteiger partial charge on any atom is 0.240 e. The van der Waals surface area contributed by atoms with Gasteiger partial charge in [-0.15, -0.1) is 5.10 Å². The number of hydrogen-bond donors (Lipinski definition) is 2. The lowest BCUT2D eigenvalue weighted by atomic mass is 10.2. The molecule has 134 valence electrons. The van der Waals surface area contributed by atoms with Crippen molar-refractivity contribution < 1.29 is 14.0 Å². The molecule has 0 bridgehead atoms. The van der Waals surface area contributed by atoms with Crippen LogP contribution in [0.5, 0.6) is 0 Å². The molecule has 0 aliphatic carbocycles. The standard InChI is InChI=1S/C16H12Cl2N4O3S/c17-11-4-3-9(6-12(11)18)20-14(23)7-13-15(24)21-16(26-13)22-19-8-10-2-1-5-25-10/h1-6,8,13H,7H2,(H,20,23)(H,21,22,24). The van der Waals surface area contributed by atoms with Crippen molar-refractivity contribution >= 4 is 63.8 Å². The second-order valence-corrected chi connectivity index (χ2v) is 7.15. The molecule has 2 N–H and O–H groups in total. The van der Waals surface area contributed by atoms with E-state index >= 15 is 0 Å². The molecular formula is C16H12Cl2N4O3S. The zero-order valence-electron chi connectivity index (χ0n) is 13.1. The minimum Gasteiger partial charge on any atom is -0.463 e. The van der Waals surface area contributed by atoms with Crippen LogP contribution in [0.1, 0.15) is 12.2 Å². The SMILES string of the molecule is O=C(CC1SC(=NN=Cc2ccco2)NC1=O)Nc1ccc(Cl)c(Cl)c1. The first-order valence-corrected chi connectivity index (χ1v) is 9.02. The molecule has 26 heavy (non-hydrogen) atoms. The highest BCUT2D eigenvalue weighted by molar-refractivity contribution is 8.15. The lowest BCUT2D eigenvalue weighted by Gasteiger charge is -2.08. The zero-order valence-corrected chi connectivity index (χ0v) is 15.4. The number of amidine groups is 1. The summed E-state index contributed by atoms with van der Waals surface area (Å²) in [7, 11) is 0. The van der Waals surface area contributed by atoms with Crippen LogP contribution in [-0.2, 0) is 9.59 Å². The summed E-state index contributed by atoms with van der Waals surface area (Å²) in [6, 6.07) is 8.20. The Morgan fingerprint density at radius 3 is 2.92 bits per heavy atom. The second-order valence-electron chi connectivity index (χ2n) is 5.14. The highest BCUT2D eigenvalue weighted by atomic mass is 35.5. The molecule has 3 rings (SSSR count). The third-order valence-corrected chi connectivity index (χ3v) is 5.04. The van der Waals surface area contributed by atoms with Crippen LogP contribution >= 0.6 is 35.0 Å². The van der Waals surface area contributed by atoms with Gasteiger partial charge < -0.3 is 15.1 Å². The van der Waals surface area contributed by atoms with Crippen molar-refractivity contribution in [2.45, 2.75) is 11.7 Å². The van der Waals surface area contributed by atoms with Crippen molar-refractivity contribution in [1.29, 1.82) is 0 Å². The summed E-state index contributed by atoms with van der Waals surface area (Å²) < 4.78 is 5.08. The van der Waals surface area contributed by atoms with Crippen molar-refractivity contribution in [1.82, 2.24) is 5.32 Å². The molecule has 1 unspecified atom stereocenters. The highest BCUT2D eigenvalue weighted by Crippen LogP contribution is 2.26. The van der Waals surface area contributed by atoms with E-state index in [1.807, 2.05) is 0 Å². The van der Waals surface area contributed by atoms with Crippen LogP contribution in [-0.4, -0.2) is 28.4 Å². The summed E-state index contributed by atoms with van der Waals surface area (Å²) >= 11 is 12.9. The molecule has 2 heterocycles. The van der Waals surface area contributed by atoms with Gasteiger partial charge in [0, 0.05) is 12.1 Å². The van der Waals surface area contributed by atoms with Crippen LogP contribution in [0.3, 0.4) is 0 Å². The zero-order chi connectivity index (χ0) is 18.5. The molecule has 10 heteroatoms. The molecule has 1 aliphatic heterocycles. The first-order chi connectivity index (χ1) is 12.5. The summed E-state index contributed by atoms with van der Waals surface area (Å²) in [5.41, 5.74) is 0.504. The number of nitrogens with one attached hydrogen (secondary N) is 2. The second kappa shape index (κ2) is 8.39. The van der Waals surface area contributed by atoms with E-state index in [1.165, 1.54) is 12.5 Å². The lowest BCUT2D eigenvalue weighted by Crippen LogP contribution is -2.28. The number of carbonyl (C=O) groups is 2. The predicted octanol–water partition coefficient (Wildman–Crippen LogP) is 3.54. The molecule has 1 aliphatic rings. The van der Waals surface area contributed by atoms with Gasteiger partial charge in [0.05, 0.1) is 22.5 Å². The molecule has 0 spiro atoms. The first kappa shape index (κ1) is 18.5. The largest absolute Gasteiger partial charge is 0.463 e. The fourth-order valence-corrected chi connectivity index (χ4v) is 3.27. The van der Waals surface area contributed by atoms with Gasteiger partial charge in [-0.05, 0) is 30.3 Å². The fraction of sp³-hybridized carbons (Fsp3) is 0.125. The molecule has 1 aromatic carbocycles. The van der Waals surface area contributed by atoms with Gasteiger partial charge in [-0.3, -0.25) is 9.59 Å². The Hall–Kier alpha value is -2.29. The molecule has 2 aromatic rings. The number of amides is 2. The van der Waals surface area contributed by atoms with Crippen LogP contribution in [0.4, 0.5) is 5.69 Å². The van der Waals surface area contributed by atoms with E-state index < -0.39 is 5.25 Å². The van der Waals surface area contributed by atoms with Gasteiger partial charge >= 0.3 is 0 Å². The van der Waals surface area contributed by atoms with Crippen molar-refractivity contribution in [3.05, 3.63) is 52.4 Å². The van der Waals surface area contributed by atoms with Crippen LogP contribution in [0.15, 0.2) is 51.2 Å². The van der Waals surface area contributed by atoms with Gasteiger partial charge in [-0.25, -0.2) is 0 Å². The number of halogens is 2. The van der Waals surface area contributed by atoms with E-state index in [-0.39, 0.29) is 18.2 Å². The third kappa shape index (κ3) is 4.87. The number of thioether (sulfide) groups is 1. The number of rotatable bonds is 5. The van der Waals surface area contributed by atoms with Gasteiger partial charge in [-0.2, -0.15) is 5.10 Å². The number of hydrogen-bond acceptors (Lipinski definition) is 6. The summed E-state index contributed by atoms with van der Waals surface area (Å²) in [4.78, 5) is 24.1. The third-order valence-electron chi connectivity index (χ3n) is 3.23. The Bertz CT molecular complexity index is 884. The Morgan fingerprint density at radius 2 is 2.19 bits per heavy atom. The van der Waals surface area contributed by atoms with Gasteiger partial charge in [0.15, 0.2) is 5.17 Å². The molecule has 1 atom stereocenters. The van der Waals surface area contributed by atoms with Crippen LogP contribution in [0.2, 0.25) is 10.0 Å². The number of carbonyl (C=O) groups excluding carboxylic acids is 2. The molecule has 7 nitrogen and oxygen atoms in total. The van der Waals surface area contributed by atoms with Crippen molar-refractivity contribution in [2.24, 2.45) is 10.2 Å². The average Bonchev–Trinajstić information content (AvgIpc) is 3.22. The van der Waals surface area contributed by atoms with E-state index in [4.69, 9.17) is 27.6 Å². The molecule has 1 aromatic heterocycles. The summed E-state index contributed by atoms with van der Waals surface area (Å²) in [6.45, 7) is 0.